The molecule has 170 valence electrons. The summed E-state index contributed by atoms with van der Waals surface area (Å²) in [5, 5.41) is 4.57. The summed E-state index contributed by atoms with van der Waals surface area (Å²) in [5.41, 5.74) is 3.86. The number of halogens is 1. The summed E-state index contributed by atoms with van der Waals surface area (Å²) in [5.74, 6) is 0.651. The van der Waals surface area contributed by atoms with Gasteiger partial charge in [-0.05, 0) is 61.9 Å². The van der Waals surface area contributed by atoms with E-state index in [0.29, 0.717) is 12.6 Å². The number of hydrogen-bond donors (Lipinski definition) is 1. The van der Waals surface area contributed by atoms with Gasteiger partial charge >= 0.3 is 0 Å². The molecule has 0 saturated heterocycles. The fourth-order valence-corrected chi connectivity index (χ4v) is 4.96. The molecule has 2 aromatic heterocycles. The van der Waals surface area contributed by atoms with Crippen molar-refractivity contribution in [3.05, 3.63) is 48.4 Å². The van der Waals surface area contributed by atoms with Crippen molar-refractivity contribution in [3.63, 3.8) is 0 Å². The number of imidazole rings is 1. The van der Waals surface area contributed by atoms with Crippen LogP contribution in [0, 0.1) is 5.82 Å². The molecule has 32 heavy (non-hydrogen) atoms. The van der Waals surface area contributed by atoms with Gasteiger partial charge in [0, 0.05) is 43.6 Å². The third kappa shape index (κ3) is 5.33. The van der Waals surface area contributed by atoms with Gasteiger partial charge in [0.05, 0.1) is 11.4 Å². The van der Waals surface area contributed by atoms with E-state index in [-0.39, 0.29) is 5.82 Å². The lowest BCUT2D eigenvalue weighted by atomic mass is 9.95. The van der Waals surface area contributed by atoms with Gasteiger partial charge < -0.3 is 14.6 Å². The number of anilines is 1. The molecule has 1 N–H and O–H groups in total. The smallest absolute Gasteiger partial charge is 0.168 e. The second-order valence-electron chi connectivity index (χ2n) is 8.21. The number of nitrogens with zero attached hydrogens (tertiary/aromatic N) is 3. The molecule has 2 heterocycles. The van der Waals surface area contributed by atoms with Gasteiger partial charge in [0.25, 0.3) is 0 Å². The van der Waals surface area contributed by atoms with Crippen LogP contribution in [0.3, 0.4) is 0 Å². The highest BCUT2D eigenvalue weighted by molar-refractivity contribution is 7.98. The molecule has 3 aromatic rings. The lowest BCUT2D eigenvalue weighted by molar-refractivity contribution is 0.189. The van der Waals surface area contributed by atoms with Gasteiger partial charge in [-0.15, -0.1) is 0 Å². The van der Waals surface area contributed by atoms with Gasteiger partial charge in [-0.1, -0.05) is 31.0 Å². The predicted molar refractivity (Wildman–Crippen MR) is 130 cm³/mol. The van der Waals surface area contributed by atoms with Crippen LogP contribution in [-0.2, 0) is 11.3 Å². The Morgan fingerprint density at radius 3 is 2.62 bits per heavy atom. The van der Waals surface area contributed by atoms with E-state index in [1.165, 1.54) is 44.2 Å². The molecule has 1 aliphatic rings. The zero-order chi connectivity index (χ0) is 22.3. The van der Waals surface area contributed by atoms with Gasteiger partial charge in [-0.3, -0.25) is 0 Å². The topological polar surface area (TPSA) is 52.0 Å². The molecule has 1 aromatic carbocycles. The van der Waals surface area contributed by atoms with Crippen LogP contribution >= 0.6 is 11.8 Å². The summed E-state index contributed by atoms with van der Waals surface area (Å²) >= 11 is 1.62. The van der Waals surface area contributed by atoms with Gasteiger partial charge in [0.1, 0.15) is 11.6 Å². The van der Waals surface area contributed by atoms with E-state index in [9.17, 15) is 4.39 Å². The van der Waals surface area contributed by atoms with Crippen LogP contribution in [0.2, 0.25) is 0 Å². The maximum Gasteiger partial charge on any atom is 0.168 e. The van der Waals surface area contributed by atoms with Crippen LogP contribution in [0.5, 0.6) is 0 Å². The van der Waals surface area contributed by atoms with Crippen LogP contribution in [0.1, 0.15) is 38.5 Å². The number of methoxy groups -OCH3 is 1. The van der Waals surface area contributed by atoms with Crippen molar-refractivity contribution in [1.29, 1.82) is 0 Å². The van der Waals surface area contributed by atoms with E-state index >= 15 is 0 Å². The lowest BCUT2D eigenvalue weighted by Gasteiger charge is -2.23. The molecule has 0 amide bonds. The Hall–Kier alpha value is -2.38. The Balaban J connectivity index is 1.75. The first-order chi connectivity index (χ1) is 15.7. The Labute approximate surface area is 193 Å². The molecule has 7 heteroatoms. The van der Waals surface area contributed by atoms with Crippen LogP contribution < -0.4 is 5.32 Å². The van der Waals surface area contributed by atoms with Crippen molar-refractivity contribution >= 4 is 17.6 Å². The minimum Gasteiger partial charge on any atom is -0.385 e. The maximum atomic E-state index is 13.6. The maximum absolute atomic E-state index is 13.6. The Bertz CT molecular complexity index is 1020. The summed E-state index contributed by atoms with van der Waals surface area (Å²) < 4.78 is 21.1. The first kappa shape index (κ1) is 22.8. The predicted octanol–water partition coefficient (Wildman–Crippen LogP) is 6.25. The van der Waals surface area contributed by atoms with Crippen LogP contribution in [0.25, 0.3) is 22.5 Å². The van der Waals surface area contributed by atoms with Crippen molar-refractivity contribution in [1.82, 2.24) is 14.5 Å². The molecule has 1 fully saturated rings. The molecule has 0 aliphatic heterocycles. The molecule has 0 unspecified atom stereocenters. The molecule has 0 radical (unpaired) electrons. The Kier molecular flexibility index (Phi) is 7.81. The quantitative estimate of drug-likeness (QED) is 0.306. The number of aromatic nitrogens is 3. The molecular weight excluding hydrogens is 423 g/mol. The standard InChI is InChI=1S/C25H31FN4OS/c1-31-16-6-15-30-24(23(29-25(30)32-2)18-9-11-20(26)12-10-18)19-13-14-27-22(17-19)28-21-7-4-3-5-8-21/h9-14,17,21H,3-8,15-16H2,1-2H3,(H,27,28). The number of ether oxygens (including phenoxy) is 1. The first-order valence-electron chi connectivity index (χ1n) is 11.3. The summed E-state index contributed by atoms with van der Waals surface area (Å²) in [6.45, 7) is 1.48. The molecule has 1 saturated carbocycles. The second-order valence-corrected chi connectivity index (χ2v) is 8.98. The third-order valence-electron chi connectivity index (χ3n) is 5.95. The van der Waals surface area contributed by atoms with E-state index in [4.69, 9.17) is 9.72 Å². The highest BCUT2D eigenvalue weighted by atomic mass is 32.2. The third-order valence-corrected chi connectivity index (χ3v) is 6.63. The van der Waals surface area contributed by atoms with Crippen molar-refractivity contribution in [2.45, 2.75) is 56.3 Å². The zero-order valence-electron chi connectivity index (χ0n) is 18.8. The van der Waals surface area contributed by atoms with Crippen molar-refractivity contribution in [2.24, 2.45) is 0 Å². The average molecular weight is 455 g/mol. The SMILES string of the molecule is COCCCn1c(SC)nc(-c2ccc(F)cc2)c1-c1ccnc(NC2CCCCC2)c1. The summed E-state index contributed by atoms with van der Waals surface area (Å²) in [6.07, 6.45) is 11.0. The molecule has 0 atom stereocenters. The fraction of sp³-hybridized carbons (Fsp3) is 0.440. The van der Waals surface area contributed by atoms with Gasteiger partial charge in [-0.25, -0.2) is 14.4 Å². The summed E-state index contributed by atoms with van der Waals surface area (Å²) in [4.78, 5) is 9.54. The lowest BCUT2D eigenvalue weighted by Crippen LogP contribution is -2.22. The Morgan fingerprint density at radius 1 is 1.12 bits per heavy atom. The molecule has 4 rings (SSSR count). The largest absolute Gasteiger partial charge is 0.385 e. The van der Waals surface area contributed by atoms with Crippen LogP contribution in [0.15, 0.2) is 47.8 Å². The van der Waals surface area contributed by atoms with Crippen LogP contribution in [0.4, 0.5) is 10.2 Å². The monoisotopic (exact) mass is 454 g/mol. The number of rotatable bonds is 9. The average Bonchev–Trinajstić information content (AvgIpc) is 3.19. The minimum atomic E-state index is -0.247. The van der Waals surface area contributed by atoms with E-state index in [1.807, 2.05) is 18.5 Å². The number of hydrogen-bond acceptors (Lipinski definition) is 5. The fourth-order valence-electron chi connectivity index (χ4n) is 4.38. The van der Waals surface area contributed by atoms with E-state index in [0.717, 1.165) is 46.5 Å². The Morgan fingerprint density at radius 2 is 1.91 bits per heavy atom. The van der Waals surface area contributed by atoms with Crippen molar-refractivity contribution < 1.29 is 9.13 Å². The molecule has 1 aliphatic carbocycles. The zero-order valence-corrected chi connectivity index (χ0v) is 19.6. The van der Waals surface area contributed by atoms with Crippen LogP contribution in [-0.4, -0.2) is 40.5 Å². The van der Waals surface area contributed by atoms with E-state index < -0.39 is 0 Å². The number of benzene rings is 1. The summed E-state index contributed by atoms with van der Waals surface area (Å²) in [6, 6.07) is 11.2. The van der Waals surface area contributed by atoms with Crippen molar-refractivity contribution in [2.75, 3.05) is 25.3 Å². The minimum absolute atomic E-state index is 0.247. The molecule has 5 nitrogen and oxygen atoms in total. The van der Waals surface area contributed by atoms with E-state index in [2.05, 4.69) is 20.9 Å². The van der Waals surface area contributed by atoms with Crippen molar-refractivity contribution in [3.8, 4) is 22.5 Å². The highest BCUT2D eigenvalue weighted by Gasteiger charge is 2.21. The first-order valence-corrected chi connectivity index (χ1v) is 12.5. The van der Waals surface area contributed by atoms with Gasteiger partial charge in [0.2, 0.25) is 0 Å². The number of thioether (sulfide) groups is 1. The van der Waals surface area contributed by atoms with Gasteiger partial charge in [0.15, 0.2) is 5.16 Å². The second kappa shape index (κ2) is 11.0. The summed E-state index contributed by atoms with van der Waals surface area (Å²) in [7, 11) is 1.72. The van der Waals surface area contributed by atoms with E-state index in [1.54, 1.807) is 31.0 Å². The highest BCUT2D eigenvalue weighted by Crippen LogP contribution is 2.36. The molecule has 0 spiro atoms. The number of nitrogens with one attached hydrogen (secondary N) is 1. The molecule has 0 bridgehead atoms. The molecular formula is C25H31FN4OS. The normalized spacial score (nSPS) is 14.6. The number of pyridine rings is 1. The van der Waals surface area contributed by atoms with Gasteiger partial charge in [-0.2, -0.15) is 0 Å².